The summed E-state index contributed by atoms with van der Waals surface area (Å²) in [7, 11) is 1.81. The lowest BCUT2D eigenvalue weighted by molar-refractivity contribution is 0.594. The summed E-state index contributed by atoms with van der Waals surface area (Å²) in [4.78, 5) is 5.52. The minimum absolute atomic E-state index is 0.772. The van der Waals surface area contributed by atoms with Crippen LogP contribution >= 0.6 is 23.4 Å². The number of aromatic nitrogens is 3. The van der Waals surface area contributed by atoms with E-state index in [-0.39, 0.29) is 0 Å². The third kappa shape index (κ3) is 6.41. The molecule has 0 unspecified atom stereocenters. The number of nitrogens with one attached hydrogen (secondary N) is 2. The smallest absolute Gasteiger partial charge is 0.191 e. The Hall–Kier alpha value is -1.73. The van der Waals surface area contributed by atoms with Crippen molar-refractivity contribution in [2.75, 3.05) is 25.9 Å². The minimum Gasteiger partial charge on any atom is -0.356 e. The van der Waals surface area contributed by atoms with E-state index in [1.54, 1.807) is 18.8 Å². The van der Waals surface area contributed by atoms with Gasteiger partial charge < -0.3 is 15.2 Å². The van der Waals surface area contributed by atoms with Crippen molar-refractivity contribution in [1.29, 1.82) is 0 Å². The summed E-state index contributed by atoms with van der Waals surface area (Å²) in [5, 5.41) is 16.3. The SMILES string of the molecule is CN=C(NCCCc1nnc2n1CCCCC2)NCCSc1ccc(Cl)cc1. The zero-order valence-corrected chi connectivity index (χ0v) is 18.0. The zero-order chi connectivity index (χ0) is 19.6. The molecule has 0 amide bonds. The van der Waals surface area contributed by atoms with E-state index >= 15 is 0 Å². The van der Waals surface area contributed by atoms with Gasteiger partial charge in [-0.2, -0.15) is 0 Å². The van der Waals surface area contributed by atoms with Crippen molar-refractivity contribution in [2.24, 2.45) is 4.99 Å². The molecule has 0 radical (unpaired) electrons. The highest BCUT2D eigenvalue weighted by Crippen LogP contribution is 2.19. The molecule has 2 heterocycles. The van der Waals surface area contributed by atoms with E-state index in [9.17, 15) is 0 Å². The number of nitrogens with zero attached hydrogens (tertiary/aromatic N) is 4. The Balaban J connectivity index is 1.32. The summed E-state index contributed by atoms with van der Waals surface area (Å²) < 4.78 is 2.33. The fourth-order valence-corrected chi connectivity index (χ4v) is 4.17. The van der Waals surface area contributed by atoms with E-state index in [0.29, 0.717) is 0 Å². The van der Waals surface area contributed by atoms with E-state index in [1.165, 1.54) is 24.2 Å². The third-order valence-corrected chi connectivity index (χ3v) is 6.02. The van der Waals surface area contributed by atoms with Crippen LogP contribution in [0.25, 0.3) is 0 Å². The first-order valence-electron chi connectivity index (χ1n) is 10.00. The van der Waals surface area contributed by atoms with Crippen molar-refractivity contribution in [3.05, 3.63) is 40.9 Å². The number of halogens is 1. The topological polar surface area (TPSA) is 67.1 Å². The van der Waals surface area contributed by atoms with Crippen LogP contribution in [0.15, 0.2) is 34.2 Å². The summed E-state index contributed by atoms with van der Waals surface area (Å²) in [5.41, 5.74) is 0. The maximum atomic E-state index is 5.91. The first-order chi connectivity index (χ1) is 13.8. The molecule has 0 fully saturated rings. The van der Waals surface area contributed by atoms with Crippen molar-refractivity contribution in [1.82, 2.24) is 25.4 Å². The maximum absolute atomic E-state index is 5.91. The first kappa shape index (κ1) is 21.0. The van der Waals surface area contributed by atoms with Gasteiger partial charge in [-0.25, -0.2) is 0 Å². The predicted octanol–water partition coefficient (Wildman–Crippen LogP) is 3.55. The number of guanidine groups is 1. The van der Waals surface area contributed by atoms with Gasteiger partial charge in [0.2, 0.25) is 0 Å². The second-order valence-corrected chi connectivity index (χ2v) is 8.43. The molecule has 0 spiro atoms. The molecule has 0 aliphatic carbocycles. The standard InChI is InChI=1S/C20H29ClN6S/c1-22-20(24-13-15-28-17-10-8-16(21)9-11-17)23-12-5-7-19-26-25-18-6-3-2-4-14-27(18)19/h8-11H,2-7,12-15H2,1H3,(H2,22,23,24). The molecule has 1 aliphatic rings. The summed E-state index contributed by atoms with van der Waals surface area (Å²) in [6, 6.07) is 7.94. The molecule has 28 heavy (non-hydrogen) atoms. The fourth-order valence-electron chi connectivity index (χ4n) is 3.27. The lowest BCUT2D eigenvalue weighted by Crippen LogP contribution is -2.39. The predicted molar refractivity (Wildman–Crippen MR) is 117 cm³/mol. The van der Waals surface area contributed by atoms with Crippen LogP contribution in [-0.4, -0.2) is 46.6 Å². The zero-order valence-electron chi connectivity index (χ0n) is 16.5. The number of hydrogen-bond acceptors (Lipinski definition) is 4. The molecule has 2 aromatic rings. The van der Waals surface area contributed by atoms with Crippen LogP contribution in [0.5, 0.6) is 0 Å². The van der Waals surface area contributed by atoms with Crippen LogP contribution in [0.1, 0.15) is 37.3 Å². The maximum Gasteiger partial charge on any atom is 0.191 e. The average molecular weight is 421 g/mol. The summed E-state index contributed by atoms with van der Waals surface area (Å²) in [6.45, 7) is 2.79. The van der Waals surface area contributed by atoms with Gasteiger partial charge in [0.05, 0.1) is 0 Å². The van der Waals surface area contributed by atoms with E-state index in [0.717, 1.165) is 67.3 Å². The molecule has 1 aromatic heterocycles. The average Bonchev–Trinajstić information content (AvgIpc) is 2.94. The Morgan fingerprint density at radius 3 is 2.79 bits per heavy atom. The summed E-state index contributed by atoms with van der Waals surface area (Å²) in [6.07, 6.45) is 6.79. The molecule has 3 rings (SSSR count). The Kier molecular flexibility index (Phi) is 8.48. The number of aryl methyl sites for hydroxylation is 2. The lowest BCUT2D eigenvalue weighted by Gasteiger charge is -2.12. The number of rotatable bonds is 8. The Bertz CT molecular complexity index is 759. The molecular formula is C20H29ClN6S. The van der Waals surface area contributed by atoms with E-state index in [2.05, 4.69) is 30.4 Å². The molecule has 0 atom stereocenters. The normalized spacial score (nSPS) is 14.4. The van der Waals surface area contributed by atoms with Crippen LogP contribution in [0.2, 0.25) is 5.02 Å². The van der Waals surface area contributed by atoms with E-state index < -0.39 is 0 Å². The van der Waals surface area contributed by atoms with Crippen molar-refractivity contribution in [3.8, 4) is 0 Å². The molecule has 0 bridgehead atoms. The first-order valence-corrected chi connectivity index (χ1v) is 11.4. The Morgan fingerprint density at radius 1 is 1.14 bits per heavy atom. The number of aliphatic imine (C=N–C) groups is 1. The second kappa shape index (κ2) is 11.3. The van der Waals surface area contributed by atoms with Crippen LogP contribution in [0.3, 0.4) is 0 Å². The van der Waals surface area contributed by atoms with E-state index in [4.69, 9.17) is 11.6 Å². The van der Waals surface area contributed by atoms with E-state index in [1.807, 2.05) is 24.3 Å². The van der Waals surface area contributed by atoms with Gasteiger partial charge in [0.1, 0.15) is 11.6 Å². The quantitative estimate of drug-likeness (QED) is 0.296. The van der Waals surface area contributed by atoms with Crippen LogP contribution in [0.4, 0.5) is 0 Å². The second-order valence-electron chi connectivity index (χ2n) is 6.83. The molecule has 152 valence electrons. The third-order valence-electron chi connectivity index (χ3n) is 4.76. The molecule has 0 saturated carbocycles. The van der Waals surface area contributed by atoms with Crippen LogP contribution < -0.4 is 10.6 Å². The Labute approximate surface area is 176 Å². The molecule has 2 N–H and O–H groups in total. The van der Waals surface area contributed by atoms with Gasteiger partial charge in [-0.3, -0.25) is 4.99 Å². The van der Waals surface area contributed by atoms with Gasteiger partial charge in [0, 0.05) is 55.2 Å². The molecular weight excluding hydrogens is 392 g/mol. The van der Waals surface area contributed by atoms with Crippen molar-refractivity contribution >= 4 is 29.3 Å². The monoisotopic (exact) mass is 420 g/mol. The van der Waals surface area contributed by atoms with Gasteiger partial charge in [0.15, 0.2) is 5.96 Å². The molecule has 1 aliphatic heterocycles. The van der Waals surface area contributed by atoms with Gasteiger partial charge in [-0.1, -0.05) is 18.0 Å². The highest BCUT2D eigenvalue weighted by Gasteiger charge is 2.14. The molecule has 8 heteroatoms. The molecule has 6 nitrogen and oxygen atoms in total. The fraction of sp³-hybridized carbons (Fsp3) is 0.550. The highest BCUT2D eigenvalue weighted by atomic mass is 35.5. The van der Waals surface area contributed by atoms with Gasteiger partial charge in [0.25, 0.3) is 0 Å². The van der Waals surface area contributed by atoms with Crippen LogP contribution in [0, 0.1) is 0 Å². The summed E-state index contributed by atoms with van der Waals surface area (Å²) in [5.74, 6) is 4.10. The van der Waals surface area contributed by atoms with Gasteiger partial charge >= 0.3 is 0 Å². The van der Waals surface area contributed by atoms with Crippen LogP contribution in [-0.2, 0) is 19.4 Å². The Morgan fingerprint density at radius 2 is 1.96 bits per heavy atom. The van der Waals surface area contributed by atoms with Crippen molar-refractivity contribution < 1.29 is 0 Å². The van der Waals surface area contributed by atoms with Gasteiger partial charge in [-0.05, 0) is 43.5 Å². The largest absolute Gasteiger partial charge is 0.356 e. The molecule has 0 saturated heterocycles. The number of fused-ring (bicyclic) bond motifs is 1. The number of hydrogen-bond donors (Lipinski definition) is 2. The number of benzene rings is 1. The summed E-state index contributed by atoms with van der Waals surface area (Å²) >= 11 is 7.72. The minimum atomic E-state index is 0.772. The highest BCUT2D eigenvalue weighted by molar-refractivity contribution is 7.99. The lowest BCUT2D eigenvalue weighted by atomic mass is 10.2. The number of thioether (sulfide) groups is 1. The molecule has 1 aromatic carbocycles. The van der Waals surface area contributed by atoms with Gasteiger partial charge in [-0.15, -0.1) is 22.0 Å². The van der Waals surface area contributed by atoms with Crippen molar-refractivity contribution in [3.63, 3.8) is 0 Å². The van der Waals surface area contributed by atoms with Crippen molar-refractivity contribution in [2.45, 2.75) is 50.0 Å².